The van der Waals surface area contributed by atoms with Gasteiger partial charge < -0.3 is 14.1 Å². The fourth-order valence-electron chi connectivity index (χ4n) is 3.63. The molecule has 33 heavy (non-hydrogen) atoms. The number of halogens is 3. The van der Waals surface area contributed by atoms with E-state index in [1.807, 2.05) is 35.2 Å². The molecule has 174 valence electrons. The Kier molecular flexibility index (Phi) is 6.93. The molecule has 3 aromatic rings. The number of rotatable bonds is 7. The summed E-state index contributed by atoms with van der Waals surface area (Å²) in [4.78, 5) is 16.5. The van der Waals surface area contributed by atoms with Gasteiger partial charge in [0, 0.05) is 51.1 Å². The number of carbonyl (C=O) groups excluding carboxylic acids is 1. The van der Waals surface area contributed by atoms with Crippen LogP contribution in [0.2, 0.25) is 0 Å². The topological polar surface area (TPSA) is 71.7 Å². The van der Waals surface area contributed by atoms with E-state index in [0.29, 0.717) is 50.9 Å². The maximum Gasteiger partial charge on any atom is 0.573 e. The minimum absolute atomic E-state index is 0.0303. The second-order valence-electron chi connectivity index (χ2n) is 7.72. The first-order valence-corrected chi connectivity index (χ1v) is 10.6. The molecule has 0 spiro atoms. The summed E-state index contributed by atoms with van der Waals surface area (Å²) in [6, 6.07) is 15.3. The van der Waals surface area contributed by atoms with Crippen LogP contribution >= 0.6 is 0 Å². The zero-order chi connectivity index (χ0) is 23.3. The number of alkyl halides is 3. The third-order valence-electron chi connectivity index (χ3n) is 5.33. The molecule has 10 heteroatoms. The van der Waals surface area contributed by atoms with Crippen LogP contribution in [-0.4, -0.2) is 58.4 Å². The Morgan fingerprint density at radius 3 is 2.33 bits per heavy atom. The highest BCUT2D eigenvalue weighted by Crippen LogP contribution is 2.23. The summed E-state index contributed by atoms with van der Waals surface area (Å²) < 4.78 is 46.3. The SMILES string of the molecule is O=C(CCc1nnc(-c2ccccc2)o1)N1CCN(Cc2ccc(OC(F)(F)F)cc2)CC1. The van der Waals surface area contributed by atoms with Crippen molar-refractivity contribution in [2.24, 2.45) is 0 Å². The summed E-state index contributed by atoms with van der Waals surface area (Å²) in [6.45, 7) is 3.15. The molecule has 2 heterocycles. The molecule has 7 nitrogen and oxygen atoms in total. The van der Waals surface area contributed by atoms with Crippen molar-refractivity contribution < 1.29 is 27.1 Å². The Morgan fingerprint density at radius 1 is 0.970 bits per heavy atom. The minimum atomic E-state index is -4.70. The first-order chi connectivity index (χ1) is 15.9. The maximum absolute atomic E-state index is 12.6. The Labute approximate surface area is 188 Å². The van der Waals surface area contributed by atoms with Crippen LogP contribution in [0.5, 0.6) is 5.75 Å². The van der Waals surface area contributed by atoms with Gasteiger partial charge in [-0.3, -0.25) is 9.69 Å². The molecule has 1 fully saturated rings. The lowest BCUT2D eigenvalue weighted by Crippen LogP contribution is -2.48. The normalized spacial score (nSPS) is 14.9. The number of aromatic nitrogens is 2. The number of hydrogen-bond acceptors (Lipinski definition) is 6. The van der Waals surface area contributed by atoms with Crippen LogP contribution in [0.15, 0.2) is 59.0 Å². The fraction of sp³-hybridized carbons (Fsp3) is 0.348. The van der Waals surface area contributed by atoms with Crippen molar-refractivity contribution >= 4 is 5.91 Å². The zero-order valence-corrected chi connectivity index (χ0v) is 17.8. The Balaban J connectivity index is 1.20. The first kappa shape index (κ1) is 22.8. The van der Waals surface area contributed by atoms with Gasteiger partial charge in [0.1, 0.15) is 5.75 Å². The highest BCUT2D eigenvalue weighted by molar-refractivity contribution is 5.76. The molecular formula is C23H23F3N4O3. The van der Waals surface area contributed by atoms with Gasteiger partial charge >= 0.3 is 6.36 Å². The van der Waals surface area contributed by atoms with Crippen molar-refractivity contribution in [3.8, 4) is 17.2 Å². The largest absolute Gasteiger partial charge is 0.573 e. The smallest absolute Gasteiger partial charge is 0.421 e. The molecule has 1 aromatic heterocycles. The van der Waals surface area contributed by atoms with Gasteiger partial charge in [-0.05, 0) is 29.8 Å². The molecule has 0 unspecified atom stereocenters. The van der Waals surface area contributed by atoms with E-state index in [0.717, 1.165) is 11.1 Å². The van der Waals surface area contributed by atoms with Crippen LogP contribution in [0.1, 0.15) is 17.9 Å². The Morgan fingerprint density at radius 2 is 1.67 bits per heavy atom. The average molecular weight is 460 g/mol. The van der Waals surface area contributed by atoms with Crippen molar-refractivity contribution in [3.05, 3.63) is 66.1 Å². The zero-order valence-electron chi connectivity index (χ0n) is 17.8. The summed E-state index contributed by atoms with van der Waals surface area (Å²) in [5.74, 6) is 0.657. The van der Waals surface area contributed by atoms with Gasteiger partial charge in [0.25, 0.3) is 0 Å². The fourth-order valence-corrected chi connectivity index (χ4v) is 3.63. The van der Waals surface area contributed by atoms with E-state index < -0.39 is 6.36 Å². The Bertz CT molecular complexity index is 1050. The molecule has 0 aliphatic carbocycles. The third kappa shape index (κ3) is 6.55. The van der Waals surface area contributed by atoms with Crippen LogP contribution < -0.4 is 4.74 Å². The van der Waals surface area contributed by atoms with Gasteiger partial charge in [0.15, 0.2) is 0 Å². The number of amides is 1. The summed E-state index contributed by atoms with van der Waals surface area (Å²) in [6.07, 6.45) is -4.03. The van der Waals surface area contributed by atoms with E-state index >= 15 is 0 Å². The molecule has 0 radical (unpaired) electrons. The lowest BCUT2D eigenvalue weighted by Gasteiger charge is -2.34. The number of piperazine rings is 1. The molecule has 0 saturated carbocycles. The predicted molar refractivity (Wildman–Crippen MR) is 113 cm³/mol. The predicted octanol–water partition coefficient (Wildman–Crippen LogP) is 3.91. The number of nitrogens with zero attached hydrogens (tertiary/aromatic N) is 4. The van der Waals surface area contributed by atoms with Gasteiger partial charge in [-0.2, -0.15) is 0 Å². The van der Waals surface area contributed by atoms with Crippen molar-refractivity contribution in [3.63, 3.8) is 0 Å². The quantitative estimate of drug-likeness (QED) is 0.533. The second-order valence-corrected chi connectivity index (χ2v) is 7.72. The molecule has 0 bridgehead atoms. The summed E-state index contributed by atoms with van der Waals surface area (Å²) in [5, 5.41) is 8.07. The van der Waals surface area contributed by atoms with Crippen molar-refractivity contribution in [1.29, 1.82) is 0 Å². The number of ether oxygens (including phenoxy) is 1. The highest BCUT2D eigenvalue weighted by Gasteiger charge is 2.31. The minimum Gasteiger partial charge on any atom is -0.421 e. The number of hydrogen-bond donors (Lipinski definition) is 0. The van der Waals surface area contributed by atoms with E-state index in [1.165, 1.54) is 12.1 Å². The molecule has 2 aromatic carbocycles. The molecular weight excluding hydrogens is 437 g/mol. The van der Waals surface area contributed by atoms with Crippen molar-refractivity contribution in [1.82, 2.24) is 20.0 Å². The number of benzene rings is 2. The standard InChI is InChI=1S/C23H23F3N4O3/c24-23(25,26)33-19-8-6-17(7-9-19)16-29-12-14-30(15-13-29)21(31)11-10-20-27-28-22(32-20)18-4-2-1-3-5-18/h1-9H,10-16H2. The first-order valence-electron chi connectivity index (χ1n) is 10.6. The van der Waals surface area contributed by atoms with Gasteiger partial charge in [0.05, 0.1) is 0 Å². The van der Waals surface area contributed by atoms with Crippen LogP contribution in [-0.2, 0) is 17.8 Å². The van der Waals surface area contributed by atoms with Crippen molar-refractivity contribution in [2.75, 3.05) is 26.2 Å². The summed E-state index contributed by atoms with van der Waals surface area (Å²) in [7, 11) is 0. The molecule has 1 aliphatic heterocycles. The lowest BCUT2D eigenvalue weighted by atomic mass is 10.2. The van der Waals surface area contributed by atoms with Gasteiger partial charge in [-0.15, -0.1) is 23.4 Å². The van der Waals surface area contributed by atoms with E-state index in [4.69, 9.17) is 4.42 Å². The highest BCUT2D eigenvalue weighted by atomic mass is 19.4. The summed E-state index contributed by atoms with van der Waals surface area (Å²) in [5.41, 5.74) is 1.72. The Hall–Kier alpha value is -3.40. The molecule has 1 amide bonds. The van der Waals surface area contributed by atoms with E-state index in [2.05, 4.69) is 19.8 Å². The van der Waals surface area contributed by atoms with E-state index in [1.54, 1.807) is 12.1 Å². The van der Waals surface area contributed by atoms with Crippen LogP contribution in [0, 0.1) is 0 Å². The molecule has 1 saturated heterocycles. The second kappa shape index (κ2) is 10.0. The molecule has 4 rings (SSSR count). The third-order valence-corrected chi connectivity index (χ3v) is 5.33. The van der Waals surface area contributed by atoms with Crippen LogP contribution in [0.25, 0.3) is 11.5 Å². The average Bonchev–Trinajstić information content (AvgIpc) is 3.28. The maximum atomic E-state index is 12.6. The van der Waals surface area contributed by atoms with E-state index in [-0.39, 0.29) is 18.1 Å². The summed E-state index contributed by atoms with van der Waals surface area (Å²) >= 11 is 0. The van der Waals surface area contributed by atoms with Gasteiger partial charge in [-0.1, -0.05) is 30.3 Å². The van der Waals surface area contributed by atoms with Gasteiger partial charge in [0.2, 0.25) is 17.7 Å². The molecule has 0 atom stereocenters. The number of aryl methyl sites for hydroxylation is 1. The van der Waals surface area contributed by atoms with Gasteiger partial charge in [-0.25, -0.2) is 0 Å². The van der Waals surface area contributed by atoms with Crippen LogP contribution in [0.4, 0.5) is 13.2 Å². The van der Waals surface area contributed by atoms with E-state index in [9.17, 15) is 18.0 Å². The molecule has 0 N–H and O–H groups in total. The number of carbonyl (C=O) groups is 1. The van der Waals surface area contributed by atoms with Crippen molar-refractivity contribution in [2.45, 2.75) is 25.7 Å². The lowest BCUT2D eigenvalue weighted by molar-refractivity contribution is -0.274. The van der Waals surface area contributed by atoms with Crippen LogP contribution in [0.3, 0.4) is 0 Å². The molecule has 1 aliphatic rings. The monoisotopic (exact) mass is 460 g/mol.